The Morgan fingerprint density at radius 2 is 2.21 bits per heavy atom. The molecule has 124 valence electrons. The molecule has 1 aromatic carbocycles. The molecule has 3 rings (SSSR count). The van der Waals surface area contributed by atoms with Crippen LogP contribution < -0.4 is 5.43 Å². The van der Waals surface area contributed by atoms with Crippen molar-refractivity contribution in [2.45, 2.75) is 6.54 Å². The molecule has 0 aliphatic carbocycles. The molecule has 0 fully saturated rings. The van der Waals surface area contributed by atoms with Gasteiger partial charge in [0.05, 0.1) is 16.7 Å². The van der Waals surface area contributed by atoms with E-state index in [0.29, 0.717) is 6.54 Å². The minimum Gasteiger partial charge on any atom is -0.358 e. The number of nitrogens with zero attached hydrogens (tertiary/aromatic N) is 3. The van der Waals surface area contributed by atoms with Crippen molar-refractivity contribution in [3.8, 4) is 0 Å². The molecule has 1 amide bonds. The van der Waals surface area contributed by atoms with Crippen molar-refractivity contribution in [3.05, 3.63) is 62.9 Å². The van der Waals surface area contributed by atoms with Crippen LogP contribution in [0.4, 0.5) is 4.39 Å². The molecule has 0 aliphatic rings. The lowest BCUT2D eigenvalue weighted by Gasteiger charge is -2.16. The molecule has 0 atom stereocenters. The molecule has 0 radical (unpaired) electrons. The van der Waals surface area contributed by atoms with Crippen LogP contribution in [-0.2, 0) is 13.6 Å². The fourth-order valence-corrected chi connectivity index (χ4v) is 2.66. The molecule has 0 bridgehead atoms. The van der Waals surface area contributed by atoms with Crippen molar-refractivity contribution in [1.29, 1.82) is 0 Å². The molecule has 0 unspecified atom stereocenters. The van der Waals surface area contributed by atoms with Gasteiger partial charge in [-0.1, -0.05) is 11.6 Å². The van der Waals surface area contributed by atoms with Crippen molar-refractivity contribution in [2.75, 3.05) is 7.05 Å². The summed E-state index contributed by atoms with van der Waals surface area (Å²) in [6.07, 6.45) is 4.64. The van der Waals surface area contributed by atoms with E-state index in [4.69, 9.17) is 11.6 Å². The van der Waals surface area contributed by atoms with Crippen molar-refractivity contribution in [1.82, 2.24) is 19.7 Å². The normalized spacial score (nSPS) is 11.0. The summed E-state index contributed by atoms with van der Waals surface area (Å²) in [5.41, 5.74) is 0.223. The number of pyridine rings is 1. The Labute approximate surface area is 141 Å². The quantitative estimate of drug-likeness (QED) is 0.789. The molecular formula is C16H14ClFN4O2. The largest absolute Gasteiger partial charge is 0.358 e. The Kier molecular flexibility index (Phi) is 4.11. The predicted octanol–water partition coefficient (Wildman–Crippen LogP) is 2.33. The number of carbonyl (C=O) groups excluding carboxylic acids is 1. The van der Waals surface area contributed by atoms with Gasteiger partial charge in [0.1, 0.15) is 5.56 Å². The van der Waals surface area contributed by atoms with Gasteiger partial charge in [-0.05, 0) is 12.1 Å². The maximum atomic E-state index is 14.0. The highest BCUT2D eigenvalue weighted by Crippen LogP contribution is 2.21. The zero-order chi connectivity index (χ0) is 17.4. The zero-order valence-corrected chi connectivity index (χ0v) is 13.8. The minimum atomic E-state index is -0.714. The summed E-state index contributed by atoms with van der Waals surface area (Å²) >= 11 is 5.70. The van der Waals surface area contributed by atoms with Gasteiger partial charge >= 0.3 is 0 Å². The fourth-order valence-electron chi connectivity index (χ4n) is 2.50. The van der Waals surface area contributed by atoms with Crippen molar-refractivity contribution >= 4 is 28.4 Å². The zero-order valence-electron chi connectivity index (χ0n) is 13.0. The van der Waals surface area contributed by atoms with Gasteiger partial charge in [0.25, 0.3) is 5.91 Å². The number of hydrogen-bond acceptors (Lipinski definition) is 3. The lowest BCUT2D eigenvalue weighted by molar-refractivity contribution is 0.0783. The van der Waals surface area contributed by atoms with E-state index in [1.165, 1.54) is 23.2 Å². The van der Waals surface area contributed by atoms with Crippen molar-refractivity contribution in [3.63, 3.8) is 0 Å². The lowest BCUT2D eigenvalue weighted by atomic mass is 10.1. The van der Waals surface area contributed by atoms with Gasteiger partial charge in [-0.15, -0.1) is 0 Å². The molecule has 6 nitrogen and oxygen atoms in total. The maximum Gasteiger partial charge on any atom is 0.259 e. The van der Waals surface area contributed by atoms with Crippen LogP contribution in [-0.4, -0.2) is 32.6 Å². The van der Waals surface area contributed by atoms with E-state index >= 15 is 0 Å². The molecule has 8 heteroatoms. The first-order valence-electron chi connectivity index (χ1n) is 7.11. The van der Waals surface area contributed by atoms with Gasteiger partial charge in [-0.2, -0.15) is 5.10 Å². The number of H-pyrrole nitrogens is 1. The third-order valence-electron chi connectivity index (χ3n) is 3.70. The van der Waals surface area contributed by atoms with Crippen LogP contribution in [0.15, 0.2) is 35.5 Å². The molecule has 3 aromatic rings. The van der Waals surface area contributed by atoms with Crippen LogP contribution in [0.5, 0.6) is 0 Å². The minimum absolute atomic E-state index is 0.0148. The molecule has 2 heterocycles. The Morgan fingerprint density at radius 3 is 2.88 bits per heavy atom. The van der Waals surface area contributed by atoms with Crippen LogP contribution >= 0.6 is 11.6 Å². The number of hydrogen-bond donors (Lipinski definition) is 1. The second-order valence-electron chi connectivity index (χ2n) is 5.50. The number of carbonyl (C=O) groups is 1. The SMILES string of the molecule is CN(Cc1cnn(C)c1)C(=O)c1c[nH]c2c(F)c(Cl)ccc2c1=O. The lowest BCUT2D eigenvalue weighted by Crippen LogP contribution is -2.30. The van der Waals surface area contributed by atoms with E-state index in [-0.39, 0.29) is 21.5 Å². The highest BCUT2D eigenvalue weighted by molar-refractivity contribution is 6.31. The van der Waals surface area contributed by atoms with E-state index in [1.54, 1.807) is 31.2 Å². The molecule has 2 aromatic heterocycles. The predicted molar refractivity (Wildman–Crippen MR) is 88.5 cm³/mol. The van der Waals surface area contributed by atoms with Gasteiger partial charge in [0.15, 0.2) is 5.82 Å². The smallest absolute Gasteiger partial charge is 0.259 e. The van der Waals surface area contributed by atoms with Crippen LogP contribution in [0, 0.1) is 5.82 Å². The topological polar surface area (TPSA) is 71.0 Å². The summed E-state index contributed by atoms with van der Waals surface area (Å²) < 4.78 is 15.6. The van der Waals surface area contributed by atoms with Crippen LogP contribution in [0.3, 0.4) is 0 Å². The van der Waals surface area contributed by atoms with Crippen molar-refractivity contribution < 1.29 is 9.18 Å². The number of aromatic amines is 1. The van der Waals surface area contributed by atoms with Crippen molar-refractivity contribution in [2.24, 2.45) is 7.05 Å². The van der Waals surface area contributed by atoms with Crippen LogP contribution in [0.25, 0.3) is 10.9 Å². The van der Waals surface area contributed by atoms with Gasteiger partial charge in [0.2, 0.25) is 5.43 Å². The molecule has 0 saturated carbocycles. The average Bonchev–Trinajstić information content (AvgIpc) is 2.95. The van der Waals surface area contributed by atoms with E-state index in [1.807, 2.05) is 0 Å². The molecule has 0 spiro atoms. The summed E-state index contributed by atoms with van der Waals surface area (Å²) in [4.78, 5) is 29.1. The number of amides is 1. The summed E-state index contributed by atoms with van der Waals surface area (Å²) in [6, 6.07) is 2.69. The van der Waals surface area contributed by atoms with Gasteiger partial charge in [0, 0.05) is 44.0 Å². The van der Waals surface area contributed by atoms with E-state index in [0.717, 1.165) is 5.56 Å². The molecule has 1 N–H and O–H groups in total. The van der Waals surface area contributed by atoms with Gasteiger partial charge < -0.3 is 9.88 Å². The Hall–Kier alpha value is -2.67. The molecule has 0 aliphatic heterocycles. The number of benzene rings is 1. The number of fused-ring (bicyclic) bond motifs is 1. The first-order valence-corrected chi connectivity index (χ1v) is 7.48. The summed E-state index contributed by atoms with van der Waals surface area (Å²) in [5, 5.41) is 4.02. The fraction of sp³-hybridized carbons (Fsp3) is 0.188. The maximum absolute atomic E-state index is 14.0. The third-order valence-corrected chi connectivity index (χ3v) is 3.99. The van der Waals surface area contributed by atoms with Gasteiger partial charge in [-0.25, -0.2) is 4.39 Å². The van der Waals surface area contributed by atoms with E-state index in [2.05, 4.69) is 10.1 Å². The highest BCUT2D eigenvalue weighted by atomic mass is 35.5. The Balaban J connectivity index is 1.96. The van der Waals surface area contributed by atoms with Crippen LogP contribution in [0.1, 0.15) is 15.9 Å². The number of halogens is 2. The second-order valence-corrected chi connectivity index (χ2v) is 5.91. The number of nitrogens with one attached hydrogen (secondary N) is 1. The first kappa shape index (κ1) is 16.2. The molecule has 24 heavy (non-hydrogen) atoms. The number of aryl methyl sites for hydroxylation is 1. The monoisotopic (exact) mass is 348 g/mol. The number of aromatic nitrogens is 3. The summed E-state index contributed by atoms with van der Waals surface area (Å²) in [6.45, 7) is 0.305. The Bertz CT molecular complexity index is 995. The average molecular weight is 349 g/mol. The second kappa shape index (κ2) is 6.09. The third kappa shape index (κ3) is 2.78. The van der Waals surface area contributed by atoms with Gasteiger partial charge in [-0.3, -0.25) is 14.3 Å². The Morgan fingerprint density at radius 1 is 1.46 bits per heavy atom. The summed E-state index contributed by atoms with van der Waals surface area (Å²) in [5.74, 6) is -1.17. The van der Waals surface area contributed by atoms with E-state index < -0.39 is 17.2 Å². The molecule has 0 saturated heterocycles. The van der Waals surface area contributed by atoms with Crippen LogP contribution in [0.2, 0.25) is 5.02 Å². The molecular weight excluding hydrogens is 335 g/mol. The van der Waals surface area contributed by atoms with E-state index in [9.17, 15) is 14.0 Å². The standard InChI is InChI=1S/C16H14ClFN4O2/c1-21(7-9-5-20-22(2)8-9)16(24)11-6-19-14-10(15(11)23)3-4-12(17)13(14)18/h3-6,8H,7H2,1-2H3,(H,19,23). The number of rotatable bonds is 3. The summed E-state index contributed by atoms with van der Waals surface area (Å²) in [7, 11) is 3.36. The highest BCUT2D eigenvalue weighted by Gasteiger charge is 2.19. The first-order chi connectivity index (χ1) is 11.4.